The second kappa shape index (κ2) is 11.2. The van der Waals surface area contributed by atoms with Crippen LogP contribution in [0.4, 0.5) is 4.39 Å². The maximum atomic E-state index is 14.6. The van der Waals surface area contributed by atoms with Gasteiger partial charge in [0.05, 0.1) is 12.7 Å². The fraction of sp³-hybridized carbons (Fsp3) is 0.677. The first kappa shape index (κ1) is 30.7. The summed E-state index contributed by atoms with van der Waals surface area (Å²) in [5, 5.41) is 21.6. The molecule has 0 aromatic heterocycles. The minimum Gasteiger partial charge on any atom is -0.479 e. The lowest BCUT2D eigenvalue weighted by molar-refractivity contribution is -0.213. The predicted octanol–water partition coefficient (Wildman–Crippen LogP) is 4.35. The smallest absolute Gasteiger partial charge is 0.479 e. The van der Waals surface area contributed by atoms with Gasteiger partial charge in [-0.25, -0.2) is 9.18 Å². The number of hydrogen-bond acceptors (Lipinski definition) is 7. The van der Waals surface area contributed by atoms with Gasteiger partial charge in [0.15, 0.2) is 18.2 Å². The van der Waals surface area contributed by atoms with Gasteiger partial charge in [0, 0.05) is 17.3 Å². The zero-order chi connectivity index (χ0) is 29.6. The molecule has 3 aliphatic rings. The zero-order valence-electron chi connectivity index (χ0n) is 24.7. The summed E-state index contributed by atoms with van der Waals surface area (Å²) in [4.78, 5) is 25.4. The van der Waals surface area contributed by atoms with Gasteiger partial charge in [-0.3, -0.25) is 0 Å². The molecule has 7 nitrogen and oxygen atoms in total. The number of aliphatic hydroxyl groups excluding tert-OH is 1. The number of esters is 1. The van der Waals surface area contributed by atoms with E-state index in [1.165, 1.54) is 6.07 Å². The minimum atomic E-state index is -1.18. The maximum absolute atomic E-state index is 14.6. The van der Waals surface area contributed by atoms with Crippen LogP contribution in [-0.2, 0) is 25.6 Å². The van der Waals surface area contributed by atoms with Crippen LogP contribution in [0.2, 0.25) is 0 Å². The molecule has 8 atom stereocenters. The maximum Gasteiger partial charge on any atom is 0.491 e. The van der Waals surface area contributed by atoms with E-state index in [0.29, 0.717) is 30.3 Å². The third-order valence-corrected chi connectivity index (χ3v) is 11.2. The Morgan fingerprint density at radius 1 is 1.27 bits per heavy atom. The quantitative estimate of drug-likeness (QED) is 0.278. The van der Waals surface area contributed by atoms with Crippen LogP contribution in [0.5, 0.6) is 5.75 Å². The lowest BCUT2D eigenvalue weighted by Crippen LogP contribution is -2.62. The second-order valence-corrected chi connectivity index (χ2v) is 13.0. The second-order valence-electron chi connectivity index (χ2n) is 13.0. The lowest BCUT2D eigenvalue weighted by Gasteiger charge is -2.64. The van der Waals surface area contributed by atoms with Gasteiger partial charge < -0.3 is 29.1 Å². The third kappa shape index (κ3) is 5.14. The molecule has 2 aliphatic carbocycles. The van der Waals surface area contributed by atoms with Gasteiger partial charge in [-0.1, -0.05) is 40.7 Å². The van der Waals surface area contributed by atoms with Crippen molar-refractivity contribution in [1.29, 1.82) is 0 Å². The Morgan fingerprint density at radius 3 is 2.62 bits per heavy atom. The Kier molecular flexibility index (Phi) is 8.62. The molecule has 2 saturated carbocycles. The molecular formula is C31H44BFO7. The number of fused-ring (bicyclic) bond motifs is 3. The van der Waals surface area contributed by atoms with Crippen molar-refractivity contribution in [2.75, 3.05) is 6.61 Å². The molecule has 0 saturated heterocycles. The monoisotopic (exact) mass is 558 g/mol. The summed E-state index contributed by atoms with van der Waals surface area (Å²) in [6.45, 7) is 15.9. The fourth-order valence-electron chi connectivity index (χ4n) is 7.92. The number of carbonyl (C=O) groups is 2. The molecule has 40 heavy (non-hydrogen) atoms. The van der Waals surface area contributed by atoms with Crippen molar-refractivity contribution in [3.8, 4) is 5.75 Å². The van der Waals surface area contributed by atoms with Gasteiger partial charge in [-0.15, -0.1) is 6.58 Å². The van der Waals surface area contributed by atoms with E-state index in [-0.39, 0.29) is 41.3 Å². The van der Waals surface area contributed by atoms with Gasteiger partial charge in [-0.05, 0) is 78.9 Å². The largest absolute Gasteiger partial charge is 0.491 e. The van der Waals surface area contributed by atoms with Crippen LogP contribution in [0, 0.1) is 39.8 Å². The molecule has 0 radical (unpaired) electrons. The van der Waals surface area contributed by atoms with E-state index in [2.05, 4.69) is 34.3 Å². The molecular weight excluding hydrogens is 514 g/mol. The number of rotatable bonds is 8. The minimum absolute atomic E-state index is 0.0430. The van der Waals surface area contributed by atoms with Crippen molar-refractivity contribution < 1.29 is 38.2 Å². The molecule has 1 heterocycles. The molecule has 9 heteroatoms. The highest BCUT2D eigenvalue weighted by Crippen LogP contribution is 2.65. The van der Waals surface area contributed by atoms with Crippen molar-refractivity contribution >= 4 is 24.3 Å². The van der Waals surface area contributed by atoms with Crippen molar-refractivity contribution in [3.05, 3.63) is 36.2 Å². The Hall–Kier alpha value is -2.23. The van der Waals surface area contributed by atoms with Gasteiger partial charge in [-0.2, -0.15) is 0 Å². The molecule has 2 bridgehead atoms. The van der Waals surface area contributed by atoms with Crippen LogP contribution in [0.1, 0.15) is 79.2 Å². The van der Waals surface area contributed by atoms with Gasteiger partial charge >= 0.3 is 13.1 Å². The summed E-state index contributed by atoms with van der Waals surface area (Å²) in [6, 6.07) is 2.60. The summed E-state index contributed by atoms with van der Waals surface area (Å²) >= 11 is 0. The fourth-order valence-corrected chi connectivity index (χ4v) is 7.92. The van der Waals surface area contributed by atoms with E-state index in [9.17, 15) is 24.1 Å². The molecule has 2 N–H and O–H groups in total. The highest BCUT2D eigenvalue weighted by atomic mass is 19.1. The van der Waals surface area contributed by atoms with Crippen LogP contribution in [-0.4, -0.2) is 47.8 Å². The average Bonchev–Trinajstić information content (AvgIpc) is 3.27. The summed E-state index contributed by atoms with van der Waals surface area (Å²) in [5.74, 6) is -1.16. The van der Waals surface area contributed by atoms with Crippen molar-refractivity contribution in [3.63, 3.8) is 0 Å². The highest BCUT2D eigenvalue weighted by molar-refractivity contribution is 6.61. The summed E-state index contributed by atoms with van der Waals surface area (Å²) in [7, 11) is -1.18. The summed E-state index contributed by atoms with van der Waals surface area (Å²) < 4.78 is 31.5. The third-order valence-electron chi connectivity index (χ3n) is 11.2. The average molecular weight is 558 g/mol. The number of ketones is 1. The molecule has 0 spiro atoms. The molecule has 1 aromatic carbocycles. The topological polar surface area (TPSA) is 102 Å². The molecule has 220 valence electrons. The van der Waals surface area contributed by atoms with Crippen molar-refractivity contribution in [1.82, 2.24) is 0 Å². The van der Waals surface area contributed by atoms with Gasteiger partial charge in [0.1, 0.15) is 11.9 Å². The number of ether oxygens (including phenoxy) is 2. The van der Waals surface area contributed by atoms with Crippen LogP contribution < -0.4 is 10.2 Å². The Balaban J connectivity index is 1.63. The van der Waals surface area contributed by atoms with Gasteiger partial charge in [0.25, 0.3) is 0 Å². The molecule has 1 aromatic rings. The summed E-state index contributed by atoms with van der Waals surface area (Å²) in [5.41, 5.74) is -0.562. The molecule has 0 unspecified atom stereocenters. The number of carbonyl (C=O) groups excluding carboxylic acids is 2. The van der Waals surface area contributed by atoms with Crippen LogP contribution >= 0.6 is 0 Å². The Morgan fingerprint density at radius 2 is 1.98 bits per heavy atom. The molecule has 4 rings (SSSR count). The Labute approximate surface area is 237 Å². The summed E-state index contributed by atoms with van der Waals surface area (Å²) in [6.07, 6.45) is 3.70. The number of benzene rings is 1. The number of aliphatic hydroxyl groups is 1. The number of hydrogen-bond donors (Lipinski definition) is 2. The van der Waals surface area contributed by atoms with Crippen LogP contribution in [0.25, 0.3) is 0 Å². The number of Topliss-reactive ketones (excluding diaryl/α,β-unsaturated/α-hetero) is 1. The predicted molar refractivity (Wildman–Crippen MR) is 150 cm³/mol. The van der Waals surface area contributed by atoms with Crippen molar-refractivity contribution in [2.45, 2.75) is 92.5 Å². The Bertz CT molecular complexity index is 1160. The molecule has 2 fully saturated rings. The first-order valence-electron chi connectivity index (χ1n) is 14.4. The van der Waals surface area contributed by atoms with E-state index < -0.39 is 48.5 Å². The van der Waals surface area contributed by atoms with Gasteiger partial charge in [0.2, 0.25) is 0 Å². The SMILES string of the molecule is C=C[C@]1(C)C[C@@H](OC(=O)COc2cc3c(cc2F)B(O)OC3)[C@]2(C)[C@H](C)CC[C@@](CCC(C)=O)([C@H]2C)[C@@H](C)[C@@H]1O. The first-order valence-corrected chi connectivity index (χ1v) is 14.4. The van der Waals surface area contributed by atoms with E-state index in [0.717, 1.165) is 18.9 Å². The van der Waals surface area contributed by atoms with E-state index in [1.54, 1.807) is 13.0 Å². The highest BCUT2D eigenvalue weighted by Gasteiger charge is 2.62. The number of halogens is 1. The zero-order valence-corrected chi connectivity index (χ0v) is 24.7. The van der Waals surface area contributed by atoms with Crippen LogP contribution in [0.3, 0.4) is 0 Å². The first-order chi connectivity index (χ1) is 18.7. The van der Waals surface area contributed by atoms with E-state index in [1.807, 2.05) is 6.92 Å². The van der Waals surface area contributed by atoms with Crippen molar-refractivity contribution in [2.24, 2.45) is 34.0 Å². The van der Waals surface area contributed by atoms with E-state index in [4.69, 9.17) is 14.1 Å². The van der Waals surface area contributed by atoms with E-state index >= 15 is 0 Å². The normalized spacial score (nSPS) is 37.2. The van der Waals surface area contributed by atoms with Crippen LogP contribution in [0.15, 0.2) is 24.8 Å². The molecule has 0 amide bonds. The lowest BCUT2D eigenvalue weighted by atomic mass is 9.42. The molecule has 1 aliphatic heterocycles. The standard InChI is InChI=1S/C31H44BFO7/c1-8-29(6)15-26(40-27(35)17-38-25-13-22-16-39-32(37)23(22)14-24(25)33)30(7)18(2)9-11-31(21(30)5,12-10-19(3)34)20(4)28(29)36/h8,13-14,18,20-21,26,28,36-37H,1,9-12,15-17H2,2-7H3/t18-,20+,21+,26-,28+,29-,30-,31+/m1/s1.